The van der Waals surface area contributed by atoms with Crippen LogP contribution in [0, 0.1) is 27.7 Å². The van der Waals surface area contributed by atoms with Gasteiger partial charge in [-0.05, 0) is 18.8 Å². The van der Waals surface area contributed by atoms with Gasteiger partial charge in [-0.1, -0.05) is 19.3 Å². The van der Waals surface area contributed by atoms with Crippen molar-refractivity contribution in [2.45, 2.75) is 32.1 Å². The highest BCUT2D eigenvalue weighted by atomic mass is 19.1. The predicted octanol–water partition coefficient (Wildman–Crippen LogP) is 3.87. The van der Waals surface area contributed by atoms with Crippen molar-refractivity contribution in [2.24, 2.45) is 5.92 Å². The molecular weight excluding hydrogens is 254 g/mol. The summed E-state index contributed by atoms with van der Waals surface area (Å²) in [7, 11) is 0. The third-order valence-electron chi connectivity index (χ3n) is 3.53. The van der Waals surface area contributed by atoms with Crippen LogP contribution in [0.25, 0.3) is 0 Å². The lowest BCUT2D eigenvalue weighted by molar-refractivity contribution is -0.385. The Kier molecular flexibility index (Phi) is 4.29. The van der Waals surface area contributed by atoms with Gasteiger partial charge in [-0.3, -0.25) is 10.1 Å². The standard InChI is InChI=1S/C13H16F2N2O2/c14-11-6-10(17(18)19)7-12(15)13(11)16-8-9-4-2-1-3-5-9/h6-7,9,16H,1-5,8H2. The number of rotatable bonds is 4. The summed E-state index contributed by atoms with van der Waals surface area (Å²) in [5.41, 5.74) is -0.839. The molecule has 1 aliphatic rings. The van der Waals surface area contributed by atoms with E-state index in [2.05, 4.69) is 5.32 Å². The first-order valence-corrected chi connectivity index (χ1v) is 6.45. The van der Waals surface area contributed by atoms with E-state index in [4.69, 9.17) is 0 Å². The van der Waals surface area contributed by atoms with Gasteiger partial charge < -0.3 is 5.32 Å². The van der Waals surface area contributed by atoms with Crippen LogP contribution in [0.15, 0.2) is 12.1 Å². The second kappa shape index (κ2) is 5.95. The minimum absolute atomic E-state index is 0.267. The van der Waals surface area contributed by atoms with E-state index < -0.39 is 22.2 Å². The molecule has 1 N–H and O–H groups in total. The highest BCUT2D eigenvalue weighted by molar-refractivity contribution is 5.51. The van der Waals surface area contributed by atoms with Gasteiger partial charge in [0.05, 0.1) is 17.1 Å². The normalized spacial score (nSPS) is 16.3. The number of nitro groups is 1. The van der Waals surface area contributed by atoms with Crippen molar-refractivity contribution in [3.8, 4) is 0 Å². The molecule has 104 valence electrons. The number of halogens is 2. The van der Waals surface area contributed by atoms with Crippen LogP contribution in [-0.2, 0) is 0 Å². The van der Waals surface area contributed by atoms with Gasteiger partial charge in [-0.15, -0.1) is 0 Å². The Hall–Kier alpha value is -1.72. The SMILES string of the molecule is O=[N+]([O-])c1cc(F)c(NCC2CCCCC2)c(F)c1. The van der Waals surface area contributed by atoms with E-state index in [-0.39, 0.29) is 5.69 Å². The van der Waals surface area contributed by atoms with Crippen LogP contribution in [0.3, 0.4) is 0 Å². The fraction of sp³-hybridized carbons (Fsp3) is 0.538. The average molecular weight is 270 g/mol. The summed E-state index contributed by atoms with van der Waals surface area (Å²) in [6.07, 6.45) is 5.64. The molecule has 0 atom stereocenters. The Morgan fingerprint density at radius 2 is 1.79 bits per heavy atom. The van der Waals surface area contributed by atoms with Gasteiger partial charge in [0.15, 0.2) is 11.6 Å². The summed E-state index contributed by atoms with van der Waals surface area (Å²) in [6.45, 7) is 0.506. The summed E-state index contributed by atoms with van der Waals surface area (Å²) in [6, 6.07) is 1.48. The number of nitrogens with zero attached hydrogens (tertiary/aromatic N) is 1. The van der Waals surface area contributed by atoms with Crippen LogP contribution >= 0.6 is 0 Å². The summed E-state index contributed by atoms with van der Waals surface area (Å²) >= 11 is 0. The van der Waals surface area contributed by atoms with Crippen molar-refractivity contribution in [1.29, 1.82) is 0 Å². The Balaban J connectivity index is 2.05. The molecule has 0 aliphatic heterocycles. The van der Waals surface area contributed by atoms with Crippen LogP contribution in [0.1, 0.15) is 32.1 Å². The monoisotopic (exact) mass is 270 g/mol. The molecule has 0 spiro atoms. The molecule has 0 aromatic heterocycles. The molecule has 1 saturated carbocycles. The predicted molar refractivity (Wildman–Crippen MR) is 68.1 cm³/mol. The molecule has 1 fully saturated rings. The van der Waals surface area contributed by atoms with Crippen molar-refractivity contribution in [3.05, 3.63) is 33.9 Å². The maximum atomic E-state index is 13.6. The summed E-state index contributed by atoms with van der Waals surface area (Å²) in [5.74, 6) is -1.41. The topological polar surface area (TPSA) is 55.2 Å². The van der Waals surface area contributed by atoms with Gasteiger partial charge >= 0.3 is 0 Å². The number of nitro benzene ring substituents is 1. The van der Waals surface area contributed by atoms with Crippen molar-refractivity contribution in [1.82, 2.24) is 0 Å². The smallest absolute Gasteiger partial charge is 0.275 e. The van der Waals surface area contributed by atoms with E-state index in [1.54, 1.807) is 0 Å². The zero-order valence-electron chi connectivity index (χ0n) is 10.5. The lowest BCUT2D eigenvalue weighted by atomic mass is 9.89. The quantitative estimate of drug-likeness (QED) is 0.667. The first-order chi connectivity index (χ1) is 9.08. The van der Waals surface area contributed by atoms with Crippen LogP contribution in [0.2, 0.25) is 0 Å². The molecule has 0 bridgehead atoms. The van der Waals surface area contributed by atoms with Gasteiger partial charge in [0.1, 0.15) is 5.69 Å². The zero-order valence-corrected chi connectivity index (χ0v) is 10.5. The Morgan fingerprint density at radius 1 is 1.21 bits per heavy atom. The van der Waals surface area contributed by atoms with Crippen molar-refractivity contribution >= 4 is 11.4 Å². The van der Waals surface area contributed by atoms with Crippen molar-refractivity contribution in [2.75, 3.05) is 11.9 Å². The van der Waals surface area contributed by atoms with Crippen molar-refractivity contribution in [3.63, 3.8) is 0 Å². The molecule has 6 heteroatoms. The van der Waals surface area contributed by atoms with Gasteiger partial charge in [0.2, 0.25) is 0 Å². The van der Waals surface area contributed by atoms with E-state index in [0.717, 1.165) is 37.8 Å². The Labute approximate surface area is 110 Å². The molecule has 1 aliphatic carbocycles. The molecule has 4 nitrogen and oxygen atoms in total. The van der Waals surface area contributed by atoms with Crippen LogP contribution < -0.4 is 5.32 Å². The molecule has 1 aromatic carbocycles. The molecular formula is C13H16F2N2O2. The fourth-order valence-electron chi connectivity index (χ4n) is 2.47. The summed E-state index contributed by atoms with van der Waals surface area (Å²) < 4.78 is 27.2. The molecule has 0 saturated heterocycles. The van der Waals surface area contributed by atoms with E-state index in [9.17, 15) is 18.9 Å². The second-order valence-corrected chi connectivity index (χ2v) is 4.93. The molecule has 1 aromatic rings. The maximum Gasteiger partial charge on any atom is 0.275 e. The number of benzene rings is 1. The maximum absolute atomic E-state index is 13.6. The highest BCUT2D eigenvalue weighted by Crippen LogP contribution is 2.27. The minimum Gasteiger partial charge on any atom is -0.380 e. The van der Waals surface area contributed by atoms with Crippen LogP contribution in [-0.4, -0.2) is 11.5 Å². The molecule has 0 amide bonds. The number of anilines is 1. The van der Waals surface area contributed by atoms with Gasteiger partial charge in [0.25, 0.3) is 5.69 Å². The zero-order chi connectivity index (χ0) is 13.8. The van der Waals surface area contributed by atoms with Gasteiger partial charge in [-0.2, -0.15) is 0 Å². The lowest BCUT2D eigenvalue weighted by Crippen LogP contribution is -2.18. The number of nitrogens with one attached hydrogen (secondary N) is 1. The van der Waals surface area contributed by atoms with Crippen LogP contribution in [0.4, 0.5) is 20.2 Å². The van der Waals surface area contributed by atoms with Gasteiger partial charge in [0, 0.05) is 6.54 Å². The molecule has 0 radical (unpaired) electrons. The lowest BCUT2D eigenvalue weighted by Gasteiger charge is -2.22. The first-order valence-electron chi connectivity index (χ1n) is 6.45. The first kappa shape index (κ1) is 13.7. The second-order valence-electron chi connectivity index (χ2n) is 4.93. The van der Waals surface area contributed by atoms with E-state index in [1.165, 1.54) is 6.42 Å². The fourth-order valence-corrected chi connectivity index (χ4v) is 2.47. The van der Waals surface area contributed by atoms with E-state index in [0.29, 0.717) is 12.5 Å². The summed E-state index contributed by atoms with van der Waals surface area (Å²) in [5, 5.41) is 13.2. The molecule has 2 rings (SSSR count). The highest BCUT2D eigenvalue weighted by Gasteiger charge is 2.19. The van der Waals surface area contributed by atoms with Crippen molar-refractivity contribution < 1.29 is 13.7 Å². The van der Waals surface area contributed by atoms with Crippen LogP contribution in [0.5, 0.6) is 0 Å². The number of hydrogen-bond donors (Lipinski definition) is 1. The number of hydrogen-bond acceptors (Lipinski definition) is 3. The van der Waals surface area contributed by atoms with Gasteiger partial charge in [-0.25, -0.2) is 8.78 Å². The molecule has 19 heavy (non-hydrogen) atoms. The number of non-ortho nitro benzene ring substituents is 1. The summed E-state index contributed by atoms with van der Waals surface area (Å²) in [4.78, 5) is 9.67. The molecule has 0 unspecified atom stereocenters. The third-order valence-corrected chi connectivity index (χ3v) is 3.53. The Bertz CT molecular complexity index is 451. The third kappa shape index (κ3) is 3.39. The Morgan fingerprint density at radius 3 is 2.32 bits per heavy atom. The van der Waals surface area contributed by atoms with E-state index in [1.807, 2.05) is 0 Å². The van der Waals surface area contributed by atoms with E-state index >= 15 is 0 Å². The largest absolute Gasteiger partial charge is 0.380 e. The average Bonchev–Trinajstić information content (AvgIpc) is 2.38. The molecule has 0 heterocycles. The minimum atomic E-state index is -0.914.